The zero-order valence-corrected chi connectivity index (χ0v) is 14.5. The first kappa shape index (κ1) is 15.6. The standard InChI is InChI=1S/C19H22N4O2/c1-24-17-8-16(9-18(10-17)25-2)23-6-5-15(12-23)21-14-3-4-19-13(7-14)11-20-22-19/h3-4,7-11,15,21H,5-6,12H2,1-2H3,(H,20,22). The number of rotatable bonds is 5. The first-order valence-corrected chi connectivity index (χ1v) is 8.43. The van der Waals surface area contributed by atoms with E-state index in [0.717, 1.165) is 53.3 Å². The number of H-pyrrole nitrogens is 1. The van der Waals surface area contributed by atoms with Gasteiger partial charge in [0.25, 0.3) is 0 Å². The van der Waals surface area contributed by atoms with Crippen molar-refractivity contribution in [2.45, 2.75) is 12.5 Å². The van der Waals surface area contributed by atoms with Gasteiger partial charge < -0.3 is 19.7 Å². The Morgan fingerprint density at radius 1 is 1.12 bits per heavy atom. The van der Waals surface area contributed by atoms with Gasteiger partial charge in [0.05, 0.1) is 25.9 Å². The lowest BCUT2D eigenvalue weighted by molar-refractivity contribution is 0.394. The second kappa shape index (κ2) is 6.55. The fraction of sp³-hybridized carbons (Fsp3) is 0.316. The van der Waals surface area contributed by atoms with Gasteiger partial charge in [-0.3, -0.25) is 5.10 Å². The van der Waals surface area contributed by atoms with Gasteiger partial charge in [0.15, 0.2) is 0 Å². The summed E-state index contributed by atoms with van der Waals surface area (Å²) in [5, 5.41) is 11.8. The SMILES string of the molecule is COc1cc(OC)cc(N2CCC(Nc3ccc4[nH]ncc4c3)C2)c1. The van der Waals surface area contributed by atoms with Crippen molar-refractivity contribution in [1.82, 2.24) is 10.2 Å². The van der Waals surface area contributed by atoms with E-state index >= 15 is 0 Å². The molecule has 0 aliphatic carbocycles. The summed E-state index contributed by atoms with van der Waals surface area (Å²) in [7, 11) is 3.36. The molecule has 1 unspecified atom stereocenters. The van der Waals surface area contributed by atoms with Crippen LogP contribution < -0.4 is 19.7 Å². The number of hydrogen-bond donors (Lipinski definition) is 2. The molecule has 1 atom stereocenters. The van der Waals surface area contributed by atoms with Crippen molar-refractivity contribution >= 4 is 22.3 Å². The number of aromatic nitrogens is 2. The van der Waals surface area contributed by atoms with Crippen LogP contribution in [0, 0.1) is 0 Å². The molecule has 3 aromatic rings. The molecule has 2 aromatic carbocycles. The number of benzene rings is 2. The minimum absolute atomic E-state index is 0.404. The monoisotopic (exact) mass is 338 g/mol. The number of aromatic amines is 1. The molecule has 1 aliphatic heterocycles. The lowest BCUT2D eigenvalue weighted by Crippen LogP contribution is -2.26. The van der Waals surface area contributed by atoms with E-state index in [0.29, 0.717) is 6.04 Å². The molecule has 6 nitrogen and oxygen atoms in total. The molecule has 0 saturated carbocycles. The number of ether oxygens (including phenoxy) is 2. The molecule has 0 bridgehead atoms. The lowest BCUT2D eigenvalue weighted by atomic mass is 10.2. The van der Waals surface area contributed by atoms with Crippen molar-refractivity contribution in [1.29, 1.82) is 0 Å². The molecule has 130 valence electrons. The first-order valence-electron chi connectivity index (χ1n) is 8.43. The Kier molecular flexibility index (Phi) is 4.09. The van der Waals surface area contributed by atoms with Gasteiger partial charge in [0, 0.05) is 54.1 Å². The van der Waals surface area contributed by atoms with Gasteiger partial charge in [0.1, 0.15) is 11.5 Å². The minimum Gasteiger partial charge on any atom is -0.497 e. The molecule has 0 radical (unpaired) electrons. The van der Waals surface area contributed by atoms with E-state index in [1.807, 2.05) is 12.3 Å². The molecule has 1 aliphatic rings. The van der Waals surface area contributed by atoms with Gasteiger partial charge >= 0.3 is 0 Å². The molecule has 1 saturated heterocycles. The molecule has 4 rings (SSSR count). The van der Waals surface area contributed by atoms with Gasteiger partial charge in [-0.2, -0.15) is 5.10 Å². The Labute approximate surface area is 146 Å². The van der Waals surface area contributed by atoms with Crippen LogP contribution in [0.1, 0.15) is 6.42 Å². The number of anilines is 2. The van der Waals surface area contributed by atoms with Crippen LogP contribution in [0.3, 0.4) is 0 Å². The fourth-order valence-electron chi connectivity index (χ4n) is 3.36. The van der Waals surface area contributed by atoms with Crippen LogP contribution >= 0.6 is 0 Å². The maximum absolute atomic E-state index is 5.38. The summed E-state index contributed by atoms with van der Waals surface area (Å²) >= 11 is 0. The van der Waals surface area contributed by atoms with Gasteiger partial charge in [-0.15, -0.1) is 0 Å². The van der Waals surface area contributed by atoms with Crippen LogP contribution in [0.4, 0.5) is 11.4 Å². The Morgan fingerprint density at radius 3 is 2.68 bits per heavy atom. The maximum Gasteiger partial charge on any atom is 0.124 e. The Bertz CT molecular complexity index is 854. The molecule has 0 spiro atoms. The molecule has 2 N–H and O–H groups in total. The lowest BCUT2D eigenvalue weighted by Gasteiger charge is -2.21. The largest absolute Gasteiger partial charge is 0.497 e. The smallest absolute Gasteiger partial charge is 0.124 e. The normalized spacial score (nSPS) is 17.0. The van der Waals surface area contributed by atoms with Crippen LogP contribution in [-0.4, -0.2) is 43.5 Å². The first-order chi connectivity index (χ1) is 12.2. The average Bonchev–Trinajstić information content (AvgIpc) is 3.30. The summed E-state index contributed by atoms with van der Waals surface area (Å²) in [6.07, 6.45) is 2.94. The van der Waals surface area contributed by atoms with E-state index in [2.05, 4.69) is 50.7 Å². The zero-order valence-electron chi connectivity index (χ0n) is 14.5. The van der Waals surface area contributed by atoms with Gasteiger partial charge in [-0.1, -0.05) is 0 Å². The molecule has 1 aromatic heterocycles. The molecular formula is C19H22N4O2. The third-order valence-corrected chi connectivity index (χ3v) is 4.70. The topological polar surface area (TPSA) is 62.4 Å². The van der Waals surface area contributed by atoms with Gasteiger partial charge in [-0.25, -0.2) is 0 Å². The van der Waals surface area contributed by atoms with E-state index in [9.17, 15) is 0 Å². The number of methoxy groups -OCH3 is 2. The molecule has 25 heavy (non-hydrogen) atoms. The molecule has 1 fully saturated rings. The fourth-order valence-corrected chi connectivity index (χ4v) is 3.36. The average molecular weight is 338 g/mol. The van der Waals surface area contributed by atoms with Gasteiger partial charge in [0.2, 0.25) is 0 Å². The van der Waals surface area contributed by atoms with E-state index in [-0.39, 0.29) is 0 Å². The second-order valence-corrected chi connectivity index (χ2v) is 6.32. The summed E-state index contributed by atoms with van der Waals surface area (Å²) in [5.41, 5.74) is 3.32. The van der Waals surface area contributed by atoms with Crippen LogP contribution in [0.5, 0.6) is 11.5 Å². The van der Waals surface area contributed by atoms with Gasteiger partial charge in [-0.05, 0) is 24.6 Å². The van der Waals surface area contributed by atoms with Crippen molar-refractivity contribution in [3.05, 3.63) is 42.6 Å². The number of fused-ring (bicyclic) bond motifs is 1. The zero-order chi connectivity index (χ0) is 17.2. The highest BCUT2D eigenvalue weighted by atomic mass is 16.5. The quantitative estimate of drug-likeness (QED) is 0.748. The Balaban J connectivity index is 1.47. The highest BCUT2D eigenvalue weighted by Gasteiger charge is 2.23. The van der Waals surface area contributed by atoms with E-state index in [1.165, 1.54) is 0 Å². The highest BCUT2D eigenvalue weighted by molar-refractivity contribution is 5.81. The minimum atomic E-state index is 0.404. The second-order valence-electron chi connectivity index (χ2n) is 6.32. The van der Waals surface area contributed by atoms with Crippen molar-refractivity contribution in [3.8, 4) is 11.5 Å². The molecule has 0 amide bonds. The summed E-state index contributed by atoms with van der Waals surface area (Å²) < 4.78 is 10.8. The summed E-state index contributed by atoms with van der Waals surface area (Å²) in [6.45, 7) is 1.95. The van der Waals surface area contributed by atoms with Crippen molar-refractivity contribution in [3.63, 3.8) is 0 Å². The summed E-state index contributed by atoms with van der Waals surface area (Å²) in [6, 6.07) is 12.7. The van der Waals surface area contributed by atoms with Crippen LogP contribution in [0.2, 0.25) is 0 Å². The van der Waals surface area contributed by atoms with Crippen molar-refractivity contribution < 1.29 is 9.47 Å². The number of hydrogen-bond acceptors (Lipinski definition) is 5. The molecule has 2 heterocycles. The van der Waals surface area contributed by atoms with E-state index in [1.54, 1.807) is 14.2 Å². The highest BCUT2D eigenvalue weighted by Crippen LogP contribution is 2.31. The van der Waals surface area contributed by atoms with Crippen molar-refractivity contribution in [2.75, 3.05) is 37.5 Å². The van der Waals surface area contributed by atoms with E-state index < -0.39 is 0 Å². The van der Waals surface area contributed by atoms with E-state index in [4.69, 9.17) is 9.47 Å². The maximum atomic E-state index is 5.38. The molecular weight excluding hydrogens is 316 g/mol. The van der Waals surface area contributed by atoms with Crippen molar-refractivity contribution in [2.24, 2.45) is 0 Å². The third kappa shape index (κ3) is 3.20. The van der Waals surface area contributed by atoms with Crippen LogP contribution in [0.15, 0.2) is 42.6 Å². The number of nitrogens with one attached hydrogen (secondary N) is 2. The third-order valence-electron chi connectivity index (χ3n) is 4.70. The predicted octanol–water partition coefficient (Wildman–Crippen LogP) is 3.27. The Morgan fingerprint density at radius 2 is 1.92 bits per heavy atom. The number of nitrogens with zero attached hydrogens (tertiary/aromatic N) is 2. The summed E-state index contributed by atoms with van der Waals surface area (Å²) in [5.74, 6) is 1.63. The predicted molar refractivity (Wildman–Crippen MR) is 99.9 cm³/mol. The molecule has 6 heteroatoms. The Hall–Kier alpha value is -2.89. The summed E-state index contributed by atoms with van der Waals surface area (Å²) in [4.78, 5) is 2.36. The van der Waals surface area contributed by atoms with Crippen LogP contribution in [-0.2, 0) is 0 Å². The van der Waals surface area contributed by atoms with Crippen LogP contribution in [0.25, 0.3) is 10.9 Å².